The summed E-state index contributed by atoms with van der Waals surface area (Å²) in [5.74, 6) is 0.709. The summed E-state index contributed by atoms with van der Waals surface area (Å²) in [6, 6.07) is 0.876. The normalized spacial score (nSPS) is 26.1. The molecule has 0 radical (unpaired) electrons. The zero-order chi connectivity index (χ0) is 12.8. The van der Waals surface area contributed by atoms with E-state index in [1.54, 1.807) is 6.26 Å². The lowest BCUT2D eigenvalue weighted by Gasteiger charge is -2.36. The second-order valence-electron chi connectivity index (χ2n) is 5.13. The lowest BCUT2D eigenvalue weighted by Crippen LogP contribution is -2.50. The van der Waals surface area contributed by atoms with Crippen molar-refractivity contribution in [2.45, 2.75) is 39.0 Å². The first-order valence-electron chi connectivity index (χ1n) is 6.38. The number of nitrogens with one attached hydrogen (secondary N) is 1. The van der Waals surface area contributed by atoms with Crippen molar-refractivity contribution in [3.63, 3.8) is 0 Å². The van der Waals surface area contributed by atoms with Gasteiger partial charge >= 0.3 is 0 Å². The monoisotopic (exact) mass is 262 g/mol. The van der Waals surface area contributed by atoms with Crippen molar-refractivity contribution in [2.24, 2.45) is 0 Å². The molecular weight excluding hydrogens is 236 g/mol. The molecule has 0 aromatic rings. The summed E-state index contributed by atoms with van der Waals surface area (Å²) in [4.78, 5) is 2.44. The zero-order valence-corrected chi connectivity index (χ0v) is 12.3. The number of hydrogen-bond donors (Lipinski definition) is 1. The molecule has 1 heterocycles. The summed E-state index contributed by atoms with van der Waals surface area (Å²) in [7, 11) is -0.730. The lowest BCUT2D eigenvalue weighted by atomic mass is 10.2. The van der Waals surface area contributed by atoms with Crippen LogP contribution in [0.25, 0.3) is 0 Å². The van der Waals surface area contributed by atoms with E-state index in [-0.39, 0.29) is 6.10 Å². The van der Waals surface area contributed by atoms with E-state index >= 15 is 0 Å². The largest absolute Gasteiger partial charge is 0.374 e. The second kappa shape index (κ2) is 7.46. The summed E-state index contributed by atoms with van der Waals surface area (Å²) in [6.07, 6.45) is 2.01. The van der Waals surface area contributed by atoms with E-state index in [9.17, 15) is 4.21 Å². The zero-order valence-electron chi connectivity index (χ0n) is 11.4. The predicted octanol–water partition coefficient (Wildman–Crippen LogP) is 0.452. The quantitative estimate of drug-likeness (QED) is 0.755. The third kappa shape index (κ3) is 5.95. The maximum atomic E-state index is 11.1. The van der Waals surface area contributed by atoms with Crippen LogP contribution in [0, 0.1) is 0 Å². The summed E-state index contributed by atoms with van der Waals surface area (Å²) in [5, 5.41) is 3.40. The molecule has 3 unspecified atom stereocenters. The van der Waals surface area contributed by atoms with Gasteiger partial charge in [0.1, 0.15) is 0 Å². The van der Waals surface area contributed by atoms with Crippen LogP contribution in [-0.4, -0.2) is 65.5 Å². The van der Waals surface area contributed by atoms with Crippen molar-refractivity contribution in [3.8, 4) is 0 Å². The molecule has 0 aromatic heterocycles. The van der Waals surface area contributed by atoms with E-state index in [4.69, 9.17) is 4.74 Å². The number of ether oxygens (including phenoxy) is 1. The minimum atomic E-state index is -0.730. The van der Waals surface area contributed by atoms with Gasteiger partial charge in [-0.3, -0.25) is 9.11 Å². The van der Waals surface area contributed by atoms with Crippen LogP contribution in [0.4, 0.5) is 0 Å². The fourth-order valence-corrected chi connectivity index (χ4v) is 2.90. The number of rotatable bonds is 6. The maximum Gasteiger partial charge on any atom is 0.0826 e. The minimum absolute atomic E-state index is 0.263. The van der Waals surface area contributed by atoms with Crippen LogP contribution in [-0.2, 0) is 15.5 Å². The maximum absolute atomic E-state index is 11.1. The molecule has 102 valence electrons. The Kier molecular flexibility index (Phi) is 6.62. The van der Waals surface area contributed by atoms with Crippen LogP contribution in [0.3, 0.4) is 0 Å². The lowest BCUT2D eigenvalue weighted by molar-refractivity contribution is -0.0377. The van der Waals surface area contributed by atoms with E-state index in [1.807, 2.05) is 0 Å². The molecule has 4 nitrogen and oxygen atoms in total. The Morgan fingerprint density at radius 2 is 2.18 bits per heavy atom. The van der Waals surface area contributed by atoms with E-state index in [1.165, 1.54) is 0 Å². The van der Waals surface area contributed by atoms with Crippen molar-refractivity contribution >= 4 is 10.8 Å². The van der Waals surface area contributed by atoms with Crippen LogP contribution in [0.15, 0.2) is 0 Å². The third-order valence-corrected chi connectivity index (χ3v) is 4.05. The topological polar surface area (TPSA) is 41.6 Å². The number of nitrogens with zero attached hydrogens (tertiary/aromatic N) is 1. The van der Waals surface area contributed by atoms with Gasteiger partial charge in [0.15, 0.2) is 0 Å². The number of morpholine rings is 1. The Bertz CT molecular complexity index is 249. The highest BCUT2D eigenvalue weighted by molar-refractivity contribution is 7.84. The van der Waals surface area contributed by atoms with Gasteiger partial charge in [-0.2, -0.15) is 0 Å². The van der Waals surface area contributed by atoms with Crippen LogP contribution < -0.4 is 5.32 Å². The van der Waals surface area contributed by atoms with Gasteiger partial charge in [-0.25, -0.2) is 0 Å². The molecule has 1 aliphatic rings. The Hall–Kier alpha value is 0.0300. The smallest absolute Gasteiger partial charge is 0.0826 e. The molecule has 1 rings (SSSR count). The predicted molar refractivity (Wildman–Crippen MR) is 72.8 cm³/mol. The van der Waals surface area contributed by atoms with Gasteiger partial charge in [0.2, 0.25) is 0 Å². The molecule has 0 aliphatic carbocycles. The Balaban J connectivity index is 2.24. The first kappa shape index (κ1) is 15.1. The summed E-state index contributed by atoms with van der Waals surface area (Å²) >= 11 is 0. The SMILES string of the molecule is CC(CS(C)=O)NCC1CN(C(C)C)CCO1. The van der Waals surface area contributed by atoms with Gasteiger partial charge in [-0.1, -0.05) is 0 Å². The molecule has 17 heavy (non-hydrogen) atoms. The van der Waals surface area contributed by atoms with Crippen LogP contribution in [0.5, 0.6) is 0 Å². The van der Waals surface area contributed by atoms with Gasteiger partial charge < -0.3 is 10.1 Å². The van der Waals surface area contributed by atoms with Crippen molar-refractivity contribution in [1.29, 1.82) is 0 Å². The second-order valence-corrected chi connectivity index (χ2v) is 6.61. The molecule has 0 bridgehead atoms. The molecule has 3 atom stereocenters. The molecular formula is C12H26N2O2S. The van der Waals surface area contributed by atoms with Gasteiger partial charge in [-0.15, -0.1) is 0 Å². The standard InChI is InChI=1S/C12H26N2O2S/c1-10(2)14-5-6-16-12(8-14)7-13-11(3)9-17(4)15/h10-13H,5-9H2,1-4H3. The third-order valence-electron chi connectivity index (χ3n) is 3.08. The average molecular weight is 262 g/mol. The molecule has 0 spiro atoms. The van der Waals surface area contributed by atoms with Crippen molar-refractivity contribution < 1.29 is 8.95 Å². The molecule has 0 saturated carbocycles. The molecule has 0 aromatic carbocycles. The summed E-state index contributed by atoms with van der Waals surface area (Å²) in [5.41, 5.74) is 0. The van der Waals surface area contributed by atoms with Crippen LogP contribution in [0.2, 0.25) is 0 Å². The van der Waals surface area contributed by atoms with Crippen molar-refractivity contribution in [2.75, 3.05) is 38.2 Å². The highest BCUT2D eigenvalue weighted by Gasteiger charge is 2.22. The van der Waals surface area contributed by atoms with Gasteiger partial charge in [0.25, 0.3) is 0 Å². The summed E-state index contributed by atoms with van der Waals surface area (Å²) < 4.78 is 16.8. The Morgan fingerprint density at radius 3 is 2.76 bits per heavy atom. The van der Waals surface area contributed by atoms with Crippen LogP contribution >= 0.6 is 0 Å². The van der Waals surface area contributed by atoms with Gasteiger partial charge in [0, 0.05) is 54.5 Å². The van der Waals surface area contributed by atoms with E-state index < -0.39 is 10.8 Å². The molecule has 1 saturated heterocycles. The van der Waals surface area contributed by atoms with Crippen LogP contribution in [0.1, 0.15) is 20.8 Å². The highest BCUT2D eigenvalue weighted by Crippen LogP contribution is 2.08. The van der Waals surface area contributed by atoms with E-state index in [0.717, 1.165) is 26.2 Å². The Labute approximate surface area is 108 Å². The average Bonchev–Trinajstić information content (AvgIpc) is 2.26. The van der Waals surface area contributed by atoms with E-state index in [0.29, 0.717) is 17.8 Å². The molecule has 0 amide bonds. The van der Waals surface area contributed by atoms with Crippen molar-refractivity contribution in [1.82, 2.24) is 10.2 Å². The molecule has 1 N–H and O–H groups in total. The fourth-order valence-electron chi connectivity index (χ4n) is 2.08. The molecule has 1 fully saturated rings. The fraction of sp³-hybridized carbons (Fsp3) is 1.00. The first-order chi connectivity index (χ1) is 7.99. The molecule has 5 heteroatoms. The first-order valence-corrected chi connectivity index (χ1v) is 8.10. The summed E-state index contributed by atoms with van der Waals surface area (Å²) in [6.45, 7) is 10.2. The molecule has 1 aliphatic heterocycles. The van der Waals surface area contributed by atoms with E-state index in [2.05, 4.69) is 31.0 Å². The van der Waals surface area contributed by atoms with Crippen molar-refractivity contribution in [3.05, 3.63) is 0 Å². The number of hydrogen-bond acceptors (Lipinski definition) is 4. The van der Waals surface area contributed by atoms with Gasteiger partial charge in [0.05, 0.1) is 12.7 Å². The van der Waals surface area contributed by atoms with Gasteiger partial charge in [-0.05, 0) is 20.8 Å². The minimum Gasteiger partial charge on any atom is -0.374 e. The highest BCUT2D eigenvalue weighted by atomic mass is 32.2. The Morgan fingerprint density at radius 1 is 1.47 bits per heavy atom.